The highest BCUT2D eigenvalue weighted by atomic mass is 16.5. The molecular weight excluding hydrogens is 244 g/mol. The van der Waals surface area contributed by atoms with Crippen LogP contribution in [0.1, 0.15) is 47.0 Å². The van der Waals surface area contributed by atoms with Crippen LogP contribution in [0.15, 0.2) is 0 Å². The molecule has 0 aromatic carbocycles. The summed E-state index contributed by atoms with van der Waals surface area (Å²) in [6, 6.07) is -0.742. The molecule has 0 aliphatic rings. The maximum absolute atomic E-state index is 12.1. The molecule has 0 saturated carbocycles. The van der Waals surface area contributed by atoms with Gasteiger partial charge in [-0.05, 0) is 25.2 Å². The zero-order chi connectivity index (χ0) is 14.8. The van der Waals surface area contributed by atoms with E-state index in [0.29, 0.717) is 25.4 Å². The number of hydrogen-bond acceptors (Lipinski definition) is 3. The minimum absolute atomic E-state index is 0.181. The summed E-state index contributed by atoms with van der Waals surface area (Å²) < 4.78 is 4.74. The maximum Gasteiger partial charge on any atom is 0.328 e. The maximum atomic E-state index is 12.1. The summed E-state index contributed by atoms with van der Waals surface area (Å²) in [7, 11) is 1.34. The van der Waals surface area contributed by atoms with Crippen LogP contribution >= 0.6 is 0 Å². The largest absolute Gasteiger partial charge is 0.467 e. The van der Waals surface area contributed by atoms with Crippen LogP contribution < -0.4 is 5.32 Å². The first-order valence-corrected chi connectivity index (χ1v) is 7.09. The lowest BCUT2D eigenvalue weighted by molar-refractivity contribution is -0.143. The molecule has 0 aromatic heterocycles. The van der Waals surface area contributed by atoms with Crippen LogP contribution in [0.4, 0.5) is 4.79 Å². The average molecular weight is 272 g/mol. The Morgan fingerprint density at radius 1 is 1.16 bits per heavy atom. The van der Waals surface area contributed by atoms with Crippen molar-refractivity contribution in [1.82, 2.24) is 10.2 Å². The number of nitrogens with one attached hydrogen (secondary N) is 1. The van der Waals surface area contributed by atoms with E-state index in [1.807, 2.05) is 27.7 Å². The van der Waals surface area contributed by atoms with E-state index in [1.165, 1.54) is 7.11 Å². The Bertz CT molecular complexity index is 274. The van der Waals surface area contributed by atoms with Crippen molar-refractivity contribution in [1.29, 1.82) is 0 Å². The Morgan fingerprint density at radius 2 is 1.68 bits per heavy atom. The second-order valence-electron chi connectivity index (χ2n) is 5.14. The number of carbonyl (C=O) groups is 2. The number of hydrogen-bond donors (Lipinski definition) is 1. The quantitative estimate of drug-likeness (QED) is 0.690. The van der Waals surface area contributed by atoms with E-state index in [9.17, 15) is 9.59 Å². The average Bonchev–Trinajstić information content (AvgIpc) is 2.36. The molecule has 1 unspecified atom stereocenters. The summed E-state index contributed by atoms with van der Waals surface area (Å²) in [4.78, 5) is 25.6. The molecule has 0 fully saturated rings. The minimum Gasteiger partial charge on any atom is -0.467 e. The van der Waals surface area contributed by atoms with Crippen LogP contribution in [0.2, 0.25) is 0 Å². The Kier molecular flexibility index (Phi) is 9.00. The first-order chi connectivity index (χ1) is 8.96. The summed E-state index contributed by atoms with van der Waals surface area (Å²) in [6.45, 7) is 9.49. The van der Waals surface area contributed by atoms with E-state index >= 15 is 0 Å². The number of carbonyl (C=O) groups excluding carboxylic acids is 2. The molecule has 0 aliphatic heterocycles. The van der Waals surface area contributed by atoms with Gasteiger partial charge < -0.3 is 15.0 Å². The topological polar surface area (TPSA) is 58.6 Å². The summed E-state index contributed by atoms with van der Waals surface area (Å²) in [5.74, 6) is -0.0646. The Balaban J connectivity index is 4.61. The van der Waals surface area contributed by atoms with Gasteiger partial charge in [0.1, 0.15) is 6.04 Å². The SMILES string of the molecule is CCCN(CCC)C(=O)NC(CC(C)C)C(=O)OC. The third kappa shape index (κ3) is 7.03. The van der Waals surface area contributed by atoms with Gasteiger partial charge in [-0.2, -0.15) is 0 Å². The number of methoxy groups -OCH3 is 1. The molecule has 0 bridgehead atoms. The van der Waals surface area contributed by atoms with E-state index in [0.717, 1.165) is 12.8 Å². The first-order valence-electron chi connectivity index (χ1n) is 7.09. The Labute approximate surface area is 116 Å². The normalized spacial score (nSPS) is 12.1. The van der Waals surface area contributed by atoms with Crippen LogP contribution in [0, 0.1) is 5.92 Å². The van der Waals surface area contributed by atoms with Crippen LogP contribution in [0.3, 0.4) is 0 Å². The highest BCUT2D eigenvalue weighted by Gasteiger charge is 2.24. The summed E-state index contributed by atoms with van der Waals surface area (Å²) in [5.41, 5.74) is 0. The number of ether oxygens (including phenoxy) is 1. The van der Waals surface area contributed by atoms with E-state index < -0.39 is 6.04 Å². The highest BCUT2D eigenvalue weighted by molar-refractivity contribution is 5.83. The second kappa shape index (κ2) is 9.64. The number of nitrogens with zero attached hydrogens (tertiary/aromatic N) is 1. The smallest absolute Gasteiger partial charge is 0.328 e. The molecule has 0 heterocycles. The standard InChI is InChI=1S/C14H28N2O3/c1-6-8-16(9-7-2)14(18)15-12(10-11(3)4)13(17)19-5/h11-12H,6-10H2,1-5H3,(H,15,18). The van der Waals surface area contributed by atoms with Gasteiger partial charge >= 0.3 is 12.0 Å². The predicted octanol–water partition coefficient (Wildman–Crippen LogP) is 2.41. The van der Waals surface area contributed by atoms with Crippen molar-refractivity contribution in [3.05, 3.63) is 0 Å². The molecule has 0 aliphatic carbocycles. The van der Waals surface area contributed by atoms with Crippen molar-refractivity contribution in [2.45, 2.75) is 53.0 Å². The number of amides is 2. The monoisotopic (exact) mass is 272 g/mol. The summed E-state index contributed by atoms with van der Waals surface area (Å²) >= 11 is 0. The van der Waals surface area contributed by atoms with E-state index in [4.69, 9.17) is 4.74 Å². The van der Waals surface area contributed by atoms with Crippen LogP contribution in [-0.2, 0) is 9.53 Å². The molecule has 1 N–H and O–H groups in total. The van der Waals surface area contributed by atoms with Gasteiger partial charge in [-0.1, -0.05) is 27.7 Å². The number of rotatable bonds is 8. The van der Waals surface area contributed by atoms with Crippen LogP contribution in [0.5, 0.6) is 0 Å². The lowest BCUT2D eigenvalue weighted by atomic mass is 10.0. The van der Waals surface area contributed by atoms with Crippen LogP contribution in [0.25, 0.3) is 0 Å². The van der Waals surface area contributed by atoms with Crippen molar-refractivity contribution in [2.24, 2.45) is 5.92 Å². The fourth-order valence-electron chi connectivity index (χ4n) is 1.92. The predicted molar refractivity (Wildman–Crippen MR) is 75.9 cm³/mol. The Hall–Kier alpha value is -1.26. The van der Waals surface area contributed by atoms with E-state index in [2.05, 4.69) is 5.32 Å². The van der Waals surface area contributed by atoms with Gasteiger partial charge in [0.15, 0.2) is 0 Å². The van der Waals surface area contributed by atoms with Crippen molar-refractivity contribution < 1.29 is 14.3 Å². The van der Waals surface area contributed by atoms with Crippen LogP contribution in [-0.4, -0.2) is 43.1 Å². The van der Waals surface area contributed by atoms with Gasteiger partial charge in [0.2, 0.25) is 0 Å². The second-order valence-corrected chi connectivity index (χ2v) is 5.14. The van der Waals surface area contributed by atoms with Crippen molar-refractivity contribution in [2.75, 3.05) is 20.2 Å². The molecule has 1 atom stereocenters. The lowest BCUT2D eigenvalue weighted by Crippen LogP contribution is -2.49. The van der Waals surface area contributed by atoms with Gasteiger partial charge in [-0.15, -0.1) is 0 Å². The Morgan fingerprint density at radius 3 is 2.05 bits per heavy atom. The third-order valence-corrected chi connectivity index (χ3v) is 2.76. The highest BCUT2D eigenvalue weighted by Crippen LogP contribution is 2.07. The molecule has 2 amide bonds. The first kappa shape index (κ1) is 17.7. The molecule has 0 rings (SSSR count). The molecule has 5 heteroatoms. The van der Waals surface area contributed by atoms with Crippen molar-refractivity contribution in [3.8, 4) is 0 Å². The minimum atomic E-state index is -0.561. The van der Waals surface area contributed by atoms with Gasteiger partial charge in [0, 0.05) is 13.1 Å². The van der Waals surface area contributed by atoms with Crippen molar-refractivity contribution in [3.63, 3.8) is 0 Å². The third-order valence-electron chi connectivity index (χ3n) is 2.76. The molecule has 0 radical (unpaired) electrons. The molecule has 112 valence electrons. The van der Waals surface area contributed by atoms with E-state index in [-0.39, 0.29) is 12.0 Å². The van der Waals surface area contributed by atoms with Gasteiger partial charge in [0.25, 0.3) is 0 Å². The summed E-state index contributed by atoms with van der Waals surface area (Å²) in [5, 5.41) is 2.78. The zero-order valence-corrected chi connectivity index (χ0v) is 12.9. The van der Waals surface area contributed by atoms with Gasteiger partial charge in [0.05, 0.1) is 7.11 Å². The fourth-order valence-corrected chi connectivity index (χ4v) is 1.92. The van der Waals surface area contributed by atoms with Gasteiger partial charge in [-0.3, -0.25) is 0 Å². The number of urea groups is 1. The molecule has 0 aromatic rings. The molecular formula is C14H28N2O3. The number of esters is 1. The summed E-state index contributed by atoms with van der Waals surface area (Å²) in [6.07, 6.45) is 2.39. The molecule has 5 nitrogen and oxygen atoms in total. The molecule has 0 spiro atoms. The van der Waals surface area contributed by atoms with Gasteiger partial charge in [-0.25, -0.2) is 9.59 Å². The van der Waals surface area contributed by atoms with E-state index in [1.54, 1.807) is 4.90 Å². The molecule has 0 saturated heterocycles. The lowest BCUT2D eigenvalue weighted by Gasteiger charge is -2.25. The van der Waals surface area contributed by atoms with Crippen molar-refractivity contribution >= 4 is 12.0 Å². The fraction of sp³-hybridized carbons (Fsp3) is 0.857. The molecule has 19 heavy (non-hydrogen) atoms. The zero-order valence-electron chi connectivity index (χ0n) is 12.9.